The zero-order valence-electron chi connectivity index (χ0n) is 19.8. The lowest BCUT2D eigenvalue weighted by Gasteiger charge is -2.37. The fraction of sp³-hybridized carbons (Fsp3) is 0.741. The van der Waals surface area contributed by atoms with Gasteiger partial charge < -0.3 is 9.47 Å². The summed E-state index contributed by atoms with van der Waals surface area (Å²) in [7, 11) is 0. The normalized spacial score (nSPS) is 26.0. The molecule has 0 spiro atoms. The van der Waals surface area contributed by atoms with E-state index in [-0.39, 0.29) is 24.0 Å². The molecule has 2 fully saturated rings. The number of carbonyl (C=O) groups excluding carboxylic acids is 1. The molecule has 5 heteroatoms. The van der Waals surface area contributed by atoms with Gasteiger partial charge in [0.05, 0.1) is 12.5 Å². The van der Waals surface area contributed by atoms with Gasteiger partial charge in [0.25, 0.3) is 0 Å². The number of rotatable bonds is 10. The molecule has 0 aliphatic heterocycles. The third-order valence-electron chi connectivity index (χ3n) is 7.65. The van der Waals surface area contributed by atoms with Crippen LogP contribution in [0.25, 0.3) is 0 Å². The van der Waals surface area contributed by atoms with Gasteiger partial charge in [-0.05, 0) is 75.3 Å². The van der Waals surface area contributed by atoms with E-state index in [1.807, 2.05) is 0 Å². The molecule has 3 nitrogen and oxygen atoms in total. The van der Waals surface area contributed by atoms with Crippen molar-refractivity contribution in [2.24, 2.45) is 23.7 Å². The lowest BCUT2D eigenvalue weighted by atomic mass is 9.68. The molecule has 0 atom stereocenters. The highest BCUT2D eigenvalue weighted by Gasteiger charge is 2.34. The monoisotopic (exact) mass is 450 g/mol. The predicted molar refractivity (Wildman–Crippen MR) is 123 cm³/mol. The first-order valence-electron chi connectivity index (χ1n) is 12.9. The molecule has 32 heavy (non-hydrogen) atoms. The number of esters is 1. The largest absolute Gasteiger partial charge is 0.491 e. The first kappa shape index (κ1) is 25.0. The Bertz CT molecular complexity index is 720. The van der Waals surface area contributed by atoms with Crippen molar-refractivity contribution < 1.29 is 23.0 Å². The Hall–Kier alpha value is -1.65. The lowest BCUT2D eigenvalue weighted by molar-refractivity contribution is -0.140. The quantitative estimate of drug-likeness (QED) is 0.207. The highest BCUT2D eigenvalue weighted by Crippen LogP contribution is 2.42. The summed E-state index contributed by atoms with van der Waals surface area (Å²) in [6.45, 7) is 4.19. The van der Waals surface area contributed by atoms with Crippen molar-refractivity contribution >= 4 is 5.97 Å². The van der Waals surface area contributed by atoms with Crippen molar-refractivity contribution in [3.05, 3.63) is 23.8 Å². The Morgan fingerprint density at radius 1 is 0.844 bits per heavy atom. The van der Waals surface area contributed by atoms with E-state index in [9.17, 15) is 13.6 Å². The molecule has 3 rings (SSSR count). The van der Waals surface area contributed by atoms with Crippen LogP contribution < -0.4 is 9.47 Å². The van der Waals surface area contributed by atoms with Crippen molar-refractivity contribution in [1.29, 1.82) is 0 Å². The maximum Gasteiger partial charge on any atom is 0.314 e. The van der Waals surface area contributed by atoms with Gasteiger partial charge in [-0.15, -0.1) is 0 Å². The van der Waals surface area contributed by atoms with Crippen LogP contribution in [0.2, 0.25) is 0 Å². The fourth-order valence-corrected chi connectivity index (χ4v) is 5.69. The van der Waals surface area contributed by atoms with E-state index in [0.29, 0.717) is 5.92 Å². The maximum atomic E-state index is 14.2. The molecular formula is C27H40F2O3. The molecule has 1 aromatic rings. The zero-order chi connectivity index (χ0) is 22.9. The number of hydrogen-bond donors (Lipinski definition) is 0. The lowest BCUT2D eigenvalue weighted by Crippen LogP contribution is -2.30. The van der Waals surface area contributed by atoms with Gasteiger partial charge in [0.2, 0.25) is 11.6 Å². The third-order valence-corrected chi connectivity index (χ3v) is 7.65. The summed E-state index contributed by atoms with van der Waals surface area (Å²) in [4.78, 5) is 12.6. The van der Waals surface area contributed by atoms with E-state index in [4.69, 9.17) is 9.47 Å². The maximum absolute atomic E-state index is 14.2. The van der Waals surface area contributed by atoms with Gasteiger partial charge in [0, 0.05) is 0 Å². The summed E-state index contributed by atoms with van der Waals surface area (Å²) in [5.74, 6) is -1.06. The summed E-state index contributed by atoms with van der Waals surface area (Å²) < 4.78 is 38.6. The number of benzene rings is 1. The van der Waals surface area contributed by atoms with Crippen LogP contribution in [0.4, 0.5) is 8.78 Å². The number of unbranched alkanes of at least 4 members (excludes halogenated alkanes) is 3. The van der Waals surface area contributed by atoms with Gasteiger partial charge in [-0.3, -0.25) is 4.79 Å². The predicted octanol–water partition coefficient (Wildman–Crippen LogP) is 7.85. The summed E-state index contributed by atoms with van der Waals surface area (Å²) in [6.07, 6.45) is 15.8. The van der Waals surface area contributed by atoms with Crippen molar-refractivity contribution in [3.8, 4) is 11.5 Å². The van der Waals surface area contributed by atoms with Gasteiger partial charge in [-0.2, -0.15) is 8.78 Å². The Morgan fingerprint density at radius 2 is 1.44 bits per heavy atom. The molecule has 0 aromatic heterocycles. The van der Waals surface area contributed by atoms with E-state index in [0.717, 1.165) is 37.5 Å². The van der Waals surface area contributed by atoms with Crippen molar-refractivity contribution in [2.75, 3.05) is 6.61 Å². The van der Waals surface area contributed by atoms with Crippen LogP contribution >= 0.6 is 0 Å². The molecule has 2 saturated carbocycles. The van der Waals surface area contributed by atoms with Crippen LogP contribution in [0.1, 0.15) is 97.3 Å². The van der Waals surface area contributed by atoms with Crippen molar-refractivity contribution in [2.45, 2.75) is 97.3 Å². The van der Waals surface area contributed by atoms with Crippen LogP contribution in [0, 0.1) is 35.3 Å². The number of ether oxygens (including phenoxy) is 2. The Balaban J connectivity index is 1.41. The van der Waals surface area contributed by atoms with Crippen LogP contribution in [-0.4, -0.2) is 12.6 Å². The third kappa shape index (κ3) is 6.68. The molecule has 0 radical (unpaired) electrons. The standard InChI is InChI=1S/C27H40F2O3/c1-3-5-6-7-8-19-9-11-20(12-10-19)21-13-15-22(16-14-21)27(30)32-24-18-17-23(31-4-2)25(28)26(24)29/h17-22H,3-16H2,1-2H3. The second-order valence-corrected chi connectivity index (χ2v) is 9.79. The molecule has 2 aliphatic rings. The van der Waals surface area contributed by atoms with Crippen molar-refractivity contribution in [3.63, 3.8) is 0 Å². The molecule has 2 aliphatic carbocycles. The molecule has 0 bridgehead atoms. The average molecular weight is 451 g/mol. The smallest absolute Gasteiger partial charge is 0.314 e. The van der Waals surface area contributed by atoms with Gasteiger partial charge >= 0.3 is 5.97 Å². The molecule has 1 aromatic carbocycles. The van der Waals surface area contributed by atoms with Gasteiger partial charge in [-0.25, -0.2) is 0 Å². The average Bonchev–Trinajstić information content (AvgIpc) is 2.82. The second kappa shape index (κ2) is 12.6. The first-order chi connectivity index (χ1) is 15.5. The molecule has 0 amide bonds. The van der Waals surface area contributed by atoms with Crippen molar-refractivity contribution in [1.82, 2.24) is 0 Å². The molecule has 180 valence electrons. The van der Waals surface area contributed by atoms with Crippen LogP contribution in [0.5, 0.6) is 11.5 Å². The fourth-order valence-electron chi connectivity index (χ4n) is 5.69. The minimum atomic E-state index is -1.16. The van der Waals surface area contributed by atoms with Gasteiger partial charge in [-0.1, -0.05) is 51.9 Å². The minimum Gasteiger partial charge on any atom is -0.491 e. The molecule has 0 N–H and O–H groups in total. The van der Waals surface area contributed by atoms with Crippen LogP contribution in [0.3, 0.4) is 0 Å². The second-order valence-electron chi connectivity index (χ2n) is 9.79. The van der Waals surface area contributed by atoms with E-state index in [1.165, 1.54) is 69.9 Å². The Labute approximate surface area is 192 Å². The highest BCUT2D eigenvalue weighted by molar-refractivity contribution is 5.75. The van der Waals surface area contributed by atoms with E-state index < -0.39 is 17.6 Å². The number of halogens is 2. The Morgan fingerprint density at radius 3 is 2.06 bits per heavy atom. The zero-order valence-corrected chi connectivity index (χ0v) is 19.8. The molecule has 0 saturated heterocycles. The van der Waals surface area contributed by atoms with Gasteiger partial charge in [0.1, 0.15) is 0 Å². The SMILES string of the molecule is CCCCCCC1CCC(C2CCC(C(=O)Oc3ccc(OCC)c(F)c3F)CC2)CC1. The van der Waals surface area contributed by atoms with Crippen LogP contribution in [-0.2, 0) is 4.79 Å². The Kier molecular flexibility index (Phi) is 9.80. The number of carbonyl (C=O) groups is 1. The van der Waals surface area contributed by atoms with Gasteiger partial charge in [0.15, 0.2) is 11.5 Å². The molecule has 0 unspecified atom stereocenters. The van der Waals surface area contributed by atoms with Crippen LogP contribution in [0.15, 0.2) is 12.1 Å². The van der Waals surface area contributed by atoms with E-state index in [2.05, 4.69) is 6.92 Å². The topological polar surface area (TPSA) is 35.5 Å². The molecular weight excluding hydrogens is 410 g/mol. The van der Waals surface area contributed by atoms with E-state index in [1.54, 1.807) is 6.92 Å². The summed E-state index contributed by atoms with van der Waals surface area (Å²) in [6, 6.07) is 2.58. The summed E-state index contributed by atoms with van der Waals surface area (Å²) in [5.41, 5.74) is 0. The first-order valence-corrected chi connectivity index (χ1v) is 12.9. The minimum absolute atomic E-state index is 0.166. The highest BCUT2D eigenvalue weighted by atomic mass is 19.2. The summed E-state index contributed by atoms with van der Waals surface area (Å²) in [5, 5.41) is 0. The summed E-state index contributed by atoms with van der Waals surface area (Å²) >= 11 is 0. The van der Waals surface area contributed by atoms with E-state index >= 15 is 0 Å². The molecule has 0 heterocycles. The number of hydrogen-bond acceptors (Lipinski definition) is 3.